The van der Waals surface area contributed by atoms with Crippen molar-refractivity contribution < 1.29 is 9.53 Å². The van der Waals surface area contributed by atoms with Gasteiger partial charge in [0.15, 0.2) is 0 Å². The number of rotatable bonds is 4. The molecule has 2 rings (SSSR count). The van der Waals surface area contributed by atoms with Gasteiger partial charge in [-0.1, -0.05) is 11.3 Å². The Kier molecular flexibility index (Phi) is 4.32. The van der Waals surface area contributed by atoms with Crippen molar-refractivity contribution in [2.24, 2.45) is 0 Å². The highest BCUT2D eigenvalue weighted by Crippen LogP contribution is 2.18. The number of aromatic nitrogens is 2. The number of ether oxygens (including phenoxy) is 1. The standard InChI is InChI=1S/C10H17N5O2S/c1-11-9-14-13-8(18-9)6-15-4-3-7(5-15)12-10(16)17-2/h7H,3-6H2,1-2H3,(H,11,14)(H,12,16). The summed E-state index contributed by atoms with van der Waals surface area (Å²) in [7, 11) is 3.21. The van der Waals surface area contributed by atoms with E-state index in [9.17, 15) is 4.79 Å². The molecule has 7 nitrogen and oxygen atoms in total. The molecule has 0 aliphatic carbocycles. The quantitative estimate of drug-likeness (QED) is 0.830. The Labute approximate surface area is 110 Å². The number of hydrogen-bond donors (Lipinski definition) is 2. The number of alkyl carbamates (subject to hydrolysis) is 1. The molecule has 1 atom stereocenters. The third-order valence-corrected chi connectivity index (χ3v) is 3.74. The fourth-order valence-corrected chi connectivity index (χ4v) is 2.67. The summed E-state index contributed by atoms with van der Waals surface area (Å²) in [4.78, 5) is 13.3. The second-order valence-electron chi connectivity index (χ2n) is 4.11. The second kappa shape index (κ2) is 5.96. The van der Waals surface area contributed by atoms with Gasteiger partial charge in [0, 0.05) is 26.2 Å². The zero-order chi connectivity index (χ0) is 13.0. The monoisotopic (exact) mass is 271 g/mol. The zero-order valence-corrected chi connectivity index (χ0v) is 11.3. The van der Waals surface area contributed by atoms with E-state index in [2.05, 4.69) is 30.5 Å². The van der Waals surface area contributed by atoms with Crippen molar-refractivity contribution in [3.63, 3.8) is 0 Å². The van der Waals surface area contributed by atoms with Gasteiger partial charge in [0.2, 0.25) is 5.13 Å². The number of methoxy groups -OCH3 is 1. The van der Waals surface area contributed by atoms with Crippen molar-refractivity contribution in [2.45, 2.75) is 19.0 Å². The van der Waals surface area contributed by atoms with Crippen molar-refractivity contribution in [1.29, 1.82) is 0 Å². The molecule has 8 heteroatoms. The van der Waals surface area contributed by atoms with E-state index in [1.54, 1.807) is 11.3 Å². The van der Waals surface area contributed by atoms with E-state index in [4.69, 9.17) is 0 Å². The minimum Gasteiger partial charge on any atom is -0.453 e. The first-order valence-corrected chi connectivity index (χ1v) is 6.60. The predicted molar refractivity (Wildman–Crippen MR) is 68.7 cm³/mol. The molecule has 0 spiro atoms. The van der Waals surface area contributed by atoms with Crippen LogP contribution in [-0.4, -0.2) is 54.5 Å². The Morgan fingerprint density at radius 3 is 3.11 bits per heavy atom. The maximum atomic E-state index is 11.1. The highest BCUT2D eigenvalue weighted by Gasteiger charge is 2.24. The average molecular weight is 271 g/mol. The van der Waals surface area contributed by atoms with Crippen LogP contribution >= 0.6 is 11.3 Å². The van der Waals surface area contributed by atoms with Crippen LogP contribution in [0.3, 0.4) is 0 Å². The molecule has 1 aliphatic rings. The van der Waals surface area contributed by atoms with Gasteiger partial charge in [-0.2, -0.15) is 0 Å². The summed E-state index contributed by atoms with van der Waals surface area (Å²) in [6, 6.07) is 0.161. The number of hydrogen-bond acceptors (Lipinski definition) is 7. The van der Waals surface area contributed by atoms with Gasteiger partial charge in [0.1, 0.15) is 5.01 Å². The summed E-state index contributed by atoms with van der Waals surface area (Å²) >= 11 is 1.55. The van der Waals surface area contributed by atoms with Crippen molar-refractivity contribution in [1.82, 2.24) is 20.4 Å². The average Bonchev–Trinajstić information content (AvgIpc) is 2.99. The van der Waals surface area contributed by atoms with Gasteiger partial charge in [-0.25, -0.2) is 4.79 Å². The molecule has 0 radical (unpaired) electrons. The smallest absolute Gasteiger partial charge is 0.407 e. The first kappa shape index (κ1) is 13.0. The molecule has 0 saturated carbocycles. The molecule has 1 aliphatic heterocycles. The molecule has 1 unspecified atom stereocenters. The molecule has 1 saturated heterocycles. The highest BCUT2D eigenvalue weighted by atomic mass is 32.1. The van der Waals surface area contributed by atoms with Crippen molar-refractivity contribution in [2.75, 3.05) is 32.6 Å². The van der Waals surface area contributed by atoms with Crippen molar-refractivity contribution in [3.05, 3.63) is 5.01 Å². The fraction of sp³-hybridized carbons (Fsp3) is 0.700. The third kappa shape index (κ3) is 3.30. The van der Waals surface area contributed by atoms with Gasteiger partial charge in [-0.3, -0.25) is 4.90 Å². The maximum absolute atomic E-state index is 11.1. The fourth-order valence-electron chi connectivity index (χ4n) is 1.93. The molecule has 1 amide bonds. The predicted octanol–water partition coefficient (Wildman–Crippen LogP) is 0.510. The molecule has 0 bridgehead atoms. The molecule has 1 fully saturated rings. The van der Waals surface area contributed by atoms with Crippen LogP contribution in [0.2, 0.25) is 0 Å². The van der Waals surface area contributed by atoms with E-state index < -0.39 is 0 Å². The lowest BCUT2D eigenvalue weighted by Gasteiger charge is -2.14. The van der Waals surface area contributed by atoms with Gasteiger partial charge in [0.05, 0.1) is 13.7 Å². The lowest BCUT2D eigenvalue weighted by atomic mass is 10.3. The Morgan fingerprint density at radius 1 is 1.61 bits per heavy atom. The summed E-state index contributed by atoms with van der Waals surface area (Å²) in [5, 5.41) is 15.7. The van der Waals surface area contributed by atoms with Crippen LogP contribution in [0.4, 0.5) is 9.93 Å². The van der Waals surface area contributed by atoms with Gasteiger partial charge < -0.3 is 15.4 Å². The third-order valence-electron chi connectivity index (χ3n) is 2.82. The van der Waals surface area contributed by atoms with E-state index in [1.165, 1.54) is 7.11 Å². The normalized spacial score (nSPS) is 19.8. The Hall–Kier alpha value is -1.41. The molecule has 1 aromatic rings. The van der Waals surface area contributed by atoms with Gasteiger partial charge in [0.25, 0.3) is 0 Å². The Bertz CT molecular complexity index is 411. The maximum Gasteiger partial charge on any atom is 0.407 e. The molecular weight excluding hydrogens is 254 g/mol. The minimum absolute atomic E-state index is 0.161. The number of anilines is 1. The Morgan fingerprint density at radius 2 is 2.44 bits per heavy atom. The summed E-state index contributed by atoms with van der Waals surface area (Å²) in [6.45, 7) is 2.55. The van der Waals surface area contributed by atoms with Crippen molar-refractivity contribution >= 4 is 22.6 Å². The van der Waals surface area contributed by atoms with Crippen LogP contribution in [0.15, 0.2) is 0 Å². The number of carbonyl (C=O) groups is 1. The Balaban J connectivity index is 1.80. The zero-order valence-electron chi connectivity index (χ0n) is 10.5. The van der Waals surface area contributed by atoms with E-state index in [0.29, 0.717) is 0 Å². The van der Waals surface area contributed by atoms with Crippen molar-refractivity contribution in [3.8, 4) is 0 Å². The minimum atomic E-state index is -0.366. The van der Waals surface area contributed by atoms with Crippen LogP contribution < -0.4 is 10.6 Å². The molecular formula is C10H17N5O2S. The first-order valence-electron chi connectivity index (χ1n) is 5.78. The van der Waals surface area contributed by atoms with Crippen LogP contribution in [0.1, 0.15) is 11.4 Å². The highest BCUT2D eigenvalue weighted by molar-refractivity contribution is 7.15. The molecule has 2 heterocycles. The van der Waals surface area contributed by atoms with E-state index in [-0.39, 0.29) is 12.1 Å². The molecule has 100 valence electrons. The number of likely N-dealkylation sites (tertiary alicyclic amines) is 1. The largest absolute Gasteiger partial charge is 0.453 e. The summed E-state index contributed by atoms with van der Waals surface area (Å²) in [5.74, 6) is 0. The molecule has 18 heavy (non-hydrogen) atoms. The van der Waals surface area contributed by atoms with Crippen LogP contribution in [-0.2, 0) is 11.3 Å². The number of nitrogens with one attached hydrogen (secondary N) is 2. The summed E-state index contributed by atoms with van der Waals surface area (Å²) < 4.78 is 4.59. The van der Waals surface area contributed by atoms with Crippen LogP contribution in [0.25, 0.3) is 0 Å². The number of carbonyl (C=O) groups excluding carboxylic acids is 1. The number of amides is 1. The lowest BCUT2D eigenvalue weighted by molar-refractivity contribution is 0.166. The molecule has 0 aromatic carbocycles. The SMILES string of the molecule is CNc1nnc(CN2CCC(NC(=O)OC)C2)s1. The number of nitrogens with zero attached hydrogens (tertiary/aromatic N) is 3. The second-order valence-corrected chi connectivity index (χ2v) is 5.17. The lowest BCUT2D eigenvalue weighted by Crippen LogP contribution is -2.36. The molecule has 2 N–H and O–H groups in total. The van der Waals surface area contributed by atoms with Gasteiger partial charge >= 0.3 is 6.09 Å². The topological polar surface area (TPSA) is 79.4 Å². The molecule has 1 aromatic heterocycles. The van der Waals surface area contributed by atoms with Gasteiger partial charge in [-0.05, 0) is 6.42 Å². The van der Waals surface area contributed by atoms with E-state index in [1.807, 2.05) is 7.05 Å². The van der Waals surface area contributed by atoms with E-state index >= 15 is 0 Å². The summed E-state index contributed by atoms with van der Waals surface area (Å²) in [5.41, 5.74) is 0. The first-order chi connectivity index (χ1) is 8.71. The van der Waals surface area contributed by atoms with E-state index in [0.717, 1.165) is 36.2 Å². The van der Waals surface area contributed by atoms with Crippen LogP contribution in [0, 0.1) is 0 Å². The summed E-state index contributed by atoms with van der Waals surface area (Å²) in [6.07, 6.45) is 0.572. The van der Waals surface area contributed by atoms with Crippen LogP contribution in [0.5, 0.6) is 0 Å². The van der Waals surface area contributed by atoms with Gasteiger partial charge in [-0.15, -0.1) is 10.2 Å².